The molecule has 0 aliphatic carbocycles. The van der Waals surface area contributed by atoms with Gasteiger partial charge in [0.1, 0.15) is 0 Å². The third-order valence-corrected chi connectivity index (χ3v) is 4.94. The molecule has 1 aromatic rings. The second kappa shape index (κ2) is 5.94. The largest absolute Gasteiger partial charge is 0.502 e. The monoisotopic (exact) mass is 319 g/mol. The fourth-order valence-electron chi connectivity index (χ4n) is 2.82. The normalized spacial score (nSPS) is 22.7. The fraction of sp³-hybridized carbons (Fsp3) is 0.750. The Bertz CT molecular complexity index is 558. The number of hydrogen-bond acceptors (Lipinski definition) is 6. The lowest BCUT2D eigenvalue weighted by Crippen LogP contribution is -2.41. The molecule has 0 N–H and O–H groups in total. The maximum atomic E-state index is 6.11. The first-order valence-corrected chi connectivity index (χ1v) is 8.44. The molecule has 0 spiro atoms. The zero-order chi connectivity index (χ0) is 16.7. The number of nitrogens with zero attached hydrogens (tertiary/aromatic N) is 3. The van der Waals surface area contributed by atoms with Crippen molar-refractivity contribution in [1.29, 1.82) is 0 Å². The molecule has 6 nitrogen and oxygen atoms in total. The maximum Gasteiger partial charge on any atom is 0.502 e. The third-order valence-electron chi connectivity index (χ3n) is 4.94. The number of hydrogen-bond donors (Lipinski definition) is 0. The fourth-order valence-corrected chi connectivity index (χ4v) is 2.82. The molecule has 3 rings (SSSR count). The van der Waals surface area contributed by atoms with Crippen molar-refractivity contribution in [2.75, 3.05) is 24.6 Å². The average molecular weight is 319 g/mol. The van der Waals surface area contributed by atoms with Crippen LogP contribution in [0.3, 0.4) is 0 Å². The van der Waals surface area contributed by atoms with Crippen LogP contribution >= 0.6 is 0 Å². The predicted molar refractivity (Wildman–Crippen MR) is 90.4 cm³/mol. The van der Waals surface area contributed by atoms with Gasteiger partial charge >= 0.3 is 7.12 Å². The minimum atomic E-state index is -0.505. The van der Waals surface area contributed by atoms with Crippen molar-refractivity contribution in [2.45, 2.75) is 58.7 Å². The minimum Gasteiger partial charge on any atom is -0.478 e. The second-order valence-electron chi connectivity index (χ2n) is 7.15. The van der Waals surface area contributed by atoms with Crippen molar-refractivity contribution in [2.24, 2.45) is 0 Å². The Balaban J connectivity index is 1.90. The zero-order valence-corrected chi connectivity index (χ0v) is 14.8. The Morgan fingerprint density at radius 2 is 1.78 bits per heavy atom. The van der Waals surface area contributed by atoms with Crippen molar-refractivity contribution in [1.82, 2.24) is 9.97 Å². The Morgan fingerprint density at radius 3 is 2.35 bits per heavy atom. The highest BCUT2D eigenvalue weighted by atomic mass is 16.7. The summed E-state index contributed by atoms with van der Waals surface area (Å²) in [5.74, 6) is 1.29. The van der Waals surface area contributed by atoms with Gasteiger partial charge in [-0.05, 0) is 47.5 Å². The van der Waals surface area contributed by atoms with Gasteiger partial charge in [0.2, 0.25) is 11.8 Å². The summed E-state index contributed by atoms with van der Waals surface area (Å²) in [5.41, 5.74) is -0.0303. The first kappa shape index (κ1) is 16.5. The van der Waals surface area contributed by atoms with Crippen LogP contribution in [0.15, 0.2) is 6.20 Å². The van der Waals surface area contributed by atoms with E-state index < -0.39 is 18.3 Å². The van der Waals surface area contributed by atoms with Gasteiger partial charge in [-0.25, -0.2) is 4.98 Å². The van der Waals surface area contributed by atoms with Gasteiger partial charge in [0.25, 0.3) is 0 Å². The lowest BCUT2D eigenvalue weighted by Gasteiger charge is -2.32. The Labute approximate surface area is 138 Å². The van der Waals surface area contributed by atoms with E-state index in [0.717, 1.165) is 24.5 Å². The van der Waals surface area contributed by atoms with Gasteiger partial charge in [-0.2, -0.15) is 4.98 Å². The summed E-state index contributed by atoms with van der Waals surface area (Å²) in [4.78, 5) is 11.3. The lowest BCUT2D eigenvalue weighted by molar-refractivity contribution is 0.00578. The smallest absolute Gasteiger partial charge is 0.478 e. The molecule has 7 heteroatoms. The van der Waals surface area contributed by atoms with Crippen LogP contribution in [0.4, 0.5) is 5.95 Å². The summed E-state index contributed by atoms with van der Waals surface area (Å²) < 4.78 is 18.0. The van der Waals surface area contributed by atoms with Gasteiger partial charge < -0.3 is 18.9 Å². The lowest BCUT2D eigenvalue weighted by atomic mass is 9.80. The van der Waals surface area contributed by atoms with E-state index in [4.69, 9.17) is 14.0 Å². The zero-order valence-electron chi connectivity index (χ0n) is 14.8. The summed E-state index contributed by atoms with van der Waals surface area (Å²) >= 11 is 0. The summed E-state index contributed by atoms with van der Waals surface area (Å²) in [6, 6.07) is 0. The molecule has 2 saturated heterocycles. The quantitative estimate of drug-likeness (QED) is 0.789. The Hall–Kier alpha value is -1.34. The van der Waals surface area contributed by atoms with Crippen LogP contribution < -0.4 is 15.1 Å². The van der Waals surface area contributed by atoms with Crippen molar-refractivity contribution < 1.29 is 14.0 Å². The van der Waals surface area contributed by atoms with Crippen LogP contribution in [-0.4, -0.2) is 48.0 Å². The van der Waals surface area contributed by atoms with E-state index in [2.05, 4.69) is 14.9 Å². The predicted octanol–water partition coefficient (Wildman–Crippen LogP) is 1.77. The van der Waals surface area contributed by atoms with Crippen molar-refractivity contribution in [3.63, 3.8) is 0 Å². The molecule has 0 amide bonds. The van der Waals surface area contributed by atoms with E-state index in [-0.39, 0.29) is 0 Å². The van der Waals surface area contributed by atoms with Crippen LogP contribution in [0.5, 0.6) is 5.88 Å². The van der Waals surface area contributed by atoms with E-state index in [9.17, 15) is 0 Å². The van der Waals surface area contributed by atoms with Gasteiger partial charge in [0.05, 0.1) is 23.3 Å². The second-order valence-corrected chi connectivity index (χ2v) is 7.15. The Kier molecular flexibility index (Phi) is 4.27. The molecule has 23 heavy (non-hydrogen) atoms. The maximum absolute atomic E-state index is 6.11. The summed E-state index contributed by atoms with van der Waals surface area (Å²) in [7, 11) is -0.505. The van der Waals surface area contributed by atoms with Crippen molar-refractivity contribution in [3.8, 4) is 5.88 Å². The van der Waals surface area contributed by atoms with Crippen LogP contribution in [0.1, 0.15) is 47.5 Å². The number of anilines is 1. The van der Waals surface area contributed by atoms with E-state index in [1.807, 2.05) is 34.6 Å². The van der Waals surface area contributed by atoms with Crippen LogP contribution in [0, 0.1) is 0 Å². The SMILES string of the molecule is CCOc1nc(N2CCCC2)ncc1B1OC(C)(C)C(C)(C)O1. The molecule has 2 aliphatic heterocycles. The van der Waals surface area contributed by atoms with Crippen LogP contribution in [0.25, 0.3) is 0 Å². The minimum absolute atomic E-state index is 0.394. The average Bonchev–Trinajstić information content (AvgIpc) is 3.06. The summed E-state index contributed by atoms with van der Waals surface area (Å²) in [6.07, 6.45) is 4.16. The molecule has 1 aromatic heterocycles. The standard InChI is InChI=1S/C16H26BN3O3/c1-6-21-13-12(17-22-15(2,3)16(4,5)23-17)11-18-14(19-13)20-9-7-8-10-20/h11H,6-10H2,1-5H3. The number of ether oxygens (including phenoxy) is 1. The first-order chi connectivity index (χ1) is 10.8. The van der Waals surface area contributed by atoms with Gasteiger partial charge in [-0.15, -0.1) is 0 Å². The molecule has 0 radical (unpaired) electrons. The molecule has 3 heterocycles. The van der Waals surface area contributed by atoms with Gasteiger partial charge in [-0.3, -0.25) is 0 Å². The highest BCUT2D eigenvalue weighted by Crippen LogP contribution is 2.37. The molecule has 126 valence electrons. The topological polar surface area (TPSA) is 56.7 Å². The highest BCUT2D eigenvalue weighted by Gasteiger charge is 2.53. The molecule has 2 aliphatic rings. The molecule has 2 fully saturated rings. The molecular formula is C16H26BN3O3. The van der Waals surface area contributed by atoms with Gasteiger partial charge in [0, 0.05) is 19.3 Å². The van der Waals surface area contributed by atoms with E-state index in [1.165, 1.54) is 12.8 Å². The van der Waals surface area contributed by atoms with Crippen molar-refractivity contribution >= 4 is 18.5 Å². The van der Waals surface area contributed by atoms with Crippen molar-refractivity contribution in [3.05, 3.63) is 6.20 Å². The summed E-state index contributed by atoms with van der Waals surface area (Å²) in [6.45, 7) is 12.6. The molecular weight excluding hydrogens is 293 g/mol. The molecule has 0 unspecified atom stereocenters. The number of rotatable bonds is 4. The molecule has 0 bridgehead atoms. The Morgan fingerprint density at radius 1 is 1.17 bits per heavy atom. The van der Waals surface area contributed by atoms with E-state index in [1.54, 1.807) is 6.20 Å². The summed E-state index contributed by atoms with van der Waals surface area (Å²) in [5, 5.41) is 0. The first-order valence-electron chi connectivity index (χ1n) is 8.44. The molecule has 0 atom stereocenters. The van der Waals surface area contributed by atoms with Gasteiger partial charge in [-0.1, -0.05) is 0 Å². The van der Waals surface area contributed by atoms with Gasteiger partial charge in [0.15, 0.2) is 0 Å². The van der Waals surface area contributed by atoms with E-state index >= 15 is 0 Å². The van der Waals surface area contributed by atoms with Crippen LogP contribution in [-0.2, 0) is 9.31 Å². The van der Waals surface area contributed by atoms with E-state index in [0.29, 0.717) is 12.5 Å². The molecule has 0 aromatic carbocycles. The number of aromatic nitrogens is 2. The third kappa shape index (κ3) is 3.04. The highest BCUT2D eigenvalue weighted by molar-refractivity contribution is 6.63. The molecule has 0 saturated carbocycles. The van der Waals surface area contributed by atoms with Crippen LogP contribution in [0.2, 0.25) is 0 Å².